The molecule has 0 amide bonds. The quantitative estimate of drug-likeness (QED) is 0.706. The second kappa shape index (κ2) is 4.12. The van der Waals surface area contributed by atoms with Crippen molar-refractivity contribution in [3.8, 4) is 0 Å². The van der Waals surface area contributed by atoms with Crippen LogP contribution in [0, 0.1) is 11.8 Å². The summed E-state index contributed by atoms with van der Waals surface area (Å²) < 4.78 is 5.25. The highest BCUT2D eigenvalue weighted by atomic mass is 16.5. The van der Waals surface area contributed by atoms with Crippen LogP contribution >= 0.6 is 0 Å². The molecule has 2 rings (SSSR count). The van der Waals surface area contributed by atoms with Crippen LogP contribution in [0.15, 0.2) is 0 Å². The number of carbonyl (C=O) groups is 1. The van der Waals surface area contributed by atoms with Crippen LogP contribution in [0.4, 0.5) is 0 Å². The Morgan fingerprint density at radius 1 is 1.40 bits per heavy atom. The van der Waals surface area contributed by atoms with Crippen LogP contribution in [0.3, 0.4) is 0 Å². The molecule has 86 valence electrons. The second-order valence-electron chi connectivity index (χ2n) is 5.28. The number of esters is 1. The maximum absolute atomic E-state index is 11.7. The fourth-order valence-electron chi connectivity index (χ4n) is 2.10. The predicted molar refractivity (Wildman–Crippen MR) is 58.2 cm³/mol. The van der Waals surface area contributed by atoms with Crippen LogP contribution in [-0.4, -0.2) is 18.1 Å². The number of nitrogens with two attached hydrogens (primary N) is 1. The van der Waals surface area contributed by atoms with Crippen molar-refractivity contribution in [1.29, 1.82) is 0 Å². The van der Waals surface area contributed by atoms with E-state index in [0.29, 0.717) is 12.5 Å². The smallest absolute Gasteiger partial charge is 0.326 e. The molecule has 2 fully saturated rings. The number of hydrogen-bond acceptors (Lipinski definition) is 3. The minimum atomic E-state index is -0.736. The fraction of sp³-hybridized carbons (Fsp3) is 0.917. The van der Waals surface area contributed by atoms with Crippen LogP contribution in [0.2, 0.25) is 0 Å². The average molecular weight is 211 g/mol. The zero-order chi connectivity index (χ0) is 10.9. The summed E-state index contributed by atoms with van der Waals surface area (Å²) in [6.07, 6.45) is 7.12. The maximum atomic E-state index is 11.7. The molecule has 2 aliphatic carbocycles. The van der Waals surface area contributed by atoms with Crippen molar-refractivity contribution < 1.29 is 9.53 Å². The van der Waals surface area contributed by atoms with Crippen LogP contribution in [-0.2, 0) is 9.53 Å². The van der Waals surface area contributed by atoms with Gasteiger partial charge in [-0.2, -0.15) is 0 Å². The lowest BCUT2D eigenvalue weighted by Crippen LogP contribution is -2.48. The van der Waals surface area contributed by atoms with Gasteiger partial charge in [-0.05, 0) is 38.0 Å². The van der Waals surface area contributed by atoms with Gasteiger partial charge in [0.2, 0.25) is 0 Å². The highest BCUT2D eigenvalue weighted by Crippen LogP contribution is 2.38. The molecule has 1 atom stereocenters. The van der Waals surface area contributed by atoms with Crippen molar-refractivity contribution in [3.05, 3.63) is 0 Å². The Morgan fingerprint density at radius 2 is 2.07 bits per heavy atom. The fourth-order valence-corrected chi connectivity index (χ4v) is 2.10. The van der Waals surface area contributed by atoms with Crippen molar-refractivity contribution in [2.75, 3.05) is 6.61 Å². The largest absolute Gasteiger partial charge is 0.464 e. The van der Waals surface area contributed by atoms with Crippen LogP contribution < -0.4 is 5.73 Å². The minimum Gasteiger partial charge on any atom is -0.464 e. The third kappa shape index (κ3) is 2.51. The second-order valence-corrected chi connectivity index (χ2v) is 5.28. The van der Waals surface area contributed by atoms with Gasteiger partial charge in [-0.3, -0.25) is 4.79 Å². The lowest BCUT2D eigenvalue weighted by molar-refractivity contribution is -0.150. The summed E-state index contributed by atoms with van der Waals surface area (Å²) in [5.41, 5.74) is 5.22. The average Bonchev–Trinajstić information content (AvgIpc) is 2.91. The van der Waals surface area contributed by atoms with E-state index < -0.39 is 5.54 Å². The van der Waals surface area contributed by atoms with Gasteiger partial charge in [0.15, 0.2) is 0 Å². The van der Waals surface area contributed by atoms with Gasteiger partial charge in [-0.15, -0.1) is 0 Å². The summed E-state index contributed by atoms with van der Waals surface area (Å²) in [5, 5.41) is 0. The number of hydrogen-bond donors (Lipinski definition) is 1. The maximum Gasteiger partial charge on any atom is 0.326 e. The summed E-state index contributed by atoms with van der Waals surface area (Å²) in [6.45, 7) is 2.36. The molecule has 3 nitrogen and oxygen atoms in total. The van der Waals surface area contributed by atoms with Gasteiger partial charge in [-0.1, -0.05) is 19.3 Å². The van der Waals surface area contributed by atoms with Gasteiger partial charge < -0.3 is 10.5 Å². The first-order chi connectivity index (χ1) is 7.10. The lowest BCUT2D eigenvalue weighted by atomic mass is 9.83. The molecule has 2 N–H and O–H groups in total. The third-order valence-corrected chi connectivity index (χ3v) is 3.85. The lowest BCUT2D eigenvalue weighted by Gasteiger charge is -2.26. The molecule has 2 saturated carbocycles. The van der Waals surface area contributed by atoms with E-state index in [-0.39, 0.29) is 5.97 Å². The minimum absolute atomic E-state index is 0.204. The third-order valence-electron chi connectivity index (χ3n) is 3.85. The van der Waals surface area contributed by atoms with Crippen molar-refractivity contribution >= 4 is 5.97 Å². The first-order valence-electron chi connectivity index (χ1n) is 6.07. The summed E-state index contributed by atoms with van der Waals surface area (Å²) in [7, 11) is 0. The van der Waals surface area contributed by atoms with E-state index in [1.807, 2.05) is 0 Å². The first-order valence-corrected chi connectivity index (χ1v) is 6.07. The molecule has 15 heavy (non-hydrogen) atoms. The van der Waals surface area contributed by atoms with Crippen molar-refractivity contribution in [1.82, 2.24) is 0 Å². The van der Waals surface area contributed by atoms with Gasteiger partial charge in [0.1, 0.15) is 5.54 Å². The van der Waals surface area contributed by atoms with Gasteiger partial charge in [0, 0.05) is 0 Å². The summed E-state index contributed by atoms with van der Waals surface area (Å²) in [5.74, 6) is 0.945. The Kier molecular flexibility index (Phi) is 3.01. The molecule has 3 heteroatoms. The molecule has 0 saturated heterocycles. The predicted octanol–water partition coefficient (Wildman–Crippen LogP) is 1.85. The molecule has 1 unspecified atom stereocenters. The molecule has 0 aromatic heterocycles. The number of carbonyl (C=O) groups excluding carboxylic acids is 1. The first kappa shape index (κ1) is 10.9. The Hall–Kier alpha value is -0.570. The molecule has 0 bridgehead atoms. The summed E-state index contributed by atoms with van der Waals surface area (Å²) in [6, 6.07) is 0. The standard InChI is InChI=1S/C12H21NO2/c1-12(13,10-5-6-10)11(14)15-8-7-9-3-2-4-9/h9-10H,2-8,13H2,1H3. The molecule has 0 heterocycles. The zero-order valence-corrected chi connectivity index (χ0v) is 9.50. The SMILES string of the molecule is CC(N)(C(=O)OCCC1CCC1)C1CC1. The molecule has 2 aliphatic rings. The van der Waals surface area contributed by atoms with Crippen molar-refractivity contribution in [2.45, 2.75) is 51.0 Å². The topological polar surface area (TPSA) is 52.3 Å². The van der Waals surface area contributed by atoms with E-state index in [4.69, 9.17) is 10.5 Å². The van der Waals surface area contributed by atoms with E-state index >= 15 is 0 Å². The Bertz CT molecular complexity index is 242. The molecule has 0 aliphatic heterocycles. The Labute approximate surface area is 91.4 Å². The van der Waals surface area contributed by atoms with Crippen LogP contribution in [0.5, 0.6) is 0 Å². The zero-order valence-electron chi connectivity index (χ0n) is 9.50. The highest BCUT2D eigenvalue weighted by molar-refractivity contribution is 5.80. The van der Waals surface area contributed by atoms with Gasteiger partial charge in [-0.25, -0.2) is 0 Å². The van der Waals surface area contributed by atoms with Gasteiger partial charge >= 0.3 is 5.97 Å². The molecular formula is C12H21NO2. The number of rotatable bonds is 5. The Morgan fingerprint density at radius 3 is 2.53 bits per heavy atom. The van der Waals surface area contributed by atoms with E-state index in [1.165, 1.54) is 19.3 Å². The molecule has 0 aromatic carbocycles. The van der Waals surface area contributed by atoms with Gasteiger partial charge in [0.25, 0.3) is 0 Å². The summed E-state index contributed by atoms with van der Waals surface area (Å²) in [4.78, 5) is 11.7. The van der Waals surface area contributed by atoms with Gasteiger partial charge in [0.05, 0.1) is 6.61 Å². The summed E-state index contributed by atoms with van der Waals surface area (Å²) >= 11 is 0. The molecule has 0 aromatic rings. The van der Waals surface area contributed by atoms with Crippen LogP contribution in [0.1, 0.15) is 45.4 Å². The highest BCUT2D eigenvalue weighted by Gasteiger charge is 2.45. The van der Waals surface area contributed by atoms with Crippen LogP contribution in [0.25, 0.3) is 0 Å². The number of ether oxygens (including phenoxy) is 1. The molecule has 0 spiro atoms. The molecule has 0 radical (unpaired) electrons. The van der Waals surface area contributed by atoms with E-state index in [0.717, 1.165) is 25.2 Å². The van der Waals surface area contributed by atoms with E-state index in [9.17, 15) is 4.79 Å². The van der Waals surface area contributed by atoms with Crippen molar-refractivity contribution in [2.24, 2.45) is 17.6 Å². The monoisotopic (exact) mass is 211 g/mol. The molecular weight excluding hydrogens is 190 g/mol. The van der Waals surface area contributed by atoms with E-state index in [2.05, 4.69) is 0 Å². The van der Waals surface area contributed by atoms with Crippen molar-refractivity contribution in [3.63, 3.8) is 0 Å². The Balaban J connectivity index is 1.66. The normalized spacial score (nSPS) is 25.5. The van der Waals surface area contributed by atoms with E-state index in [1.54, 1.807) is 6.92 Å².